The van der Waals surface area contributed by atoms with Gasteiger partial charge in [0, 0.05) is 38.6 Å². The van der Waals surface area contributed by atoms with Crippen LogP contribution in [0.2, 0.25) is 0 Å². The second kappa shape index (κ2) is 7.74. The van der Waals surface area contributed by atoms with Gasteiger partial charge in [0.2, 0.25) is 5.91 Å². The van der Waals surface area contributed by atoms with Gasteiger partial charge in [0.1, 0.15) is 0 Å². The molecule has 0 saturated carbocycles. The highest BCUT2D eigenvalue weighted by atomic mass is 16.2. The van der Waals surface area contributed by atoms with Crippen LogP contribution in [0.3, 0.4) is 0 Å². The number of hydrogen-bond acceptors (Lipinski definition) is 3. The van der Waals surface area contributed by atoms with Crippen molar-refractivity contribution in [3.8, 4) is 0 Å². The fourth-order valence-electron chi connectivity index (χ4n) is 2.62. The summed E-state index contributed by atoms with van der Waals surface area (Å²) in [6.45, 7) is 7.80. The molecule has 1 aliphatic rings. The molecule has 4 nitrogen and oxygen atoms in total. The lowest BCUT2D eigenvalue weighted by molar-refractivity contribution is -0.133. The topological polar surface area (TPSA) is 49.6 Å². The fourth-order valence-corrected chi connectivity index (χ4v) is 2.62. The average Bonchev–Trinajstić information content (AvgIpc) is 2.35. The lowest BCUT2D eigenvalue weighted by Crippen LogP contribution is -2.45. The van der Waals surface area contributed by atoms with Gasteiger partial charge in [0.25, 0.3) is 0 Å². The Kier molecular flexibility index (Phi) is 6.65. The predicted octanol–water partition coefficient (Wildman–Crippen LogP) is 1.30. The molecule has 4 heteroatoms. The molecular formula is C14H29N3O. The Balaban J connectivity index is 2.43. The van der Waals surface area contributed by atoms with Crippen LogP contribution in [-0.4, -0.2) is 55.0 Å². The Morgan fingerprint density at radius 2 is 1.89 bits per heavy atom. The lowest BCUT2D eigenvalue weighted by atomic mass is 10.1. The molecular weight excluding hydrogens is 226 g/mol. The zero-order valence-corrected chi connectivity index (χ0v) is 12.2. The van der Waals surface area contributed by atoms with E-state index in [-0.39, 0.29) is 11.9 Å². The Hall–Kier alpha value is -0.610. The number of amides is 1. The van der Waals surface area contributed by atoms with Crippen LogP contribution in [0.15, 0.2) is 0 Å². The molecule has 1 fully saturated rings. The van der Waals surface area contributed by atoms with Crippen molar-refractivity contribution in [2.24, 2.45) is 11.7 Å². The van der Waals surface area contributed by atoms with Crippen molar-refractivity contribution in [2.45, 2.75) is 45.6 Å². The lowest BCUT2D eigenvalue weighted by Gasteiger charge is -2.32. The van der Waals surface area contributed by atoms with Gasteiger partial charge in [0.15, 0.2) is 0 Å². The van der Waals surface area contributed by atoms with E-state index in [4.69, 9.17) is 5.73 Å². The zero-order valence-electron chi connectivity index (χ0n) is 12.2. The molecule has 0 aromatic carbocycles. The minimum Gasteiger partial charge on any atom is -0.343 e. The molecule has 1 saturated heterocycles. The molecule has 106 valence electrons. The van der Waals surface area contributed by atoms with Crippen molar-refractivity contribution in [2.75, 3.05) is 33.2 Å². The van der Waals surface area contributed by atoms with Gasteiger partial charge in [-0.25, -0.2) is 0 Å². The van der Waals surface area contributed by atoms with Crippen LogP contribution in [0.4, 0.5) is 0 Å². The minimum atomic E-state index is 0.182. The number of carbonyl (C=O) groups is 1. The molecule has 1 amide bonds. The third kappa shape index (κ3) is 4.94. The number of hydrogen-bond donors (Lipinski definition) is 1. The maximum atomic E-state index is 12.2. The summed E-state index contributed by atoms with van der Waals surface area (Å²) in [6.07, 6.45) is 4.14. The number of rotatable bonds is 6. The highest BCUT2D eigenvalue weighted by Gasteiger charge is 2.22. The molecule has 1 aliphatic heterocycles. The van der Waals surface area contributed by atoms with E-state index in [0.717, 1.165) is 32.5 Å². The standard InChI is InChI=1S/C14H29N3O/c1-12(2)11-16(3)13(10-15)9-14(18)17-7-5-4-6-8-17/h12-13H,4-11,15H2,1-3H3. The summed E-state index contributed by atoms with van der Waals surface area (Å²) in [5, 5.41) is 0. The molecule has 0 spiro atoms. The summed E-state index contributed by atoms with van der Waals surface area (Å²) < 4.78 is 0. The van der Waals surface area contributed by atoms with Crippen LogP contribution < -0.4 is 5.73 Å². The van der Waals surface area contributed by atoms with Crippen LogP contribution in [0.25, 0.3) is 0 Å². The van der Waals surface area contributed by atoms with E-state index in [1.165, 1.54) is 6.42 Å². The van der Waals surface area contributed by atoms with Gasteiger partial charge < -0.3 is 15.5 Å². The van der Waals surface area contributed by atoms with Crippen LogP contribution >= 0.6 is 0 Å². The van der Waals surface area contributed by atoms with Crippen LogP contribution in [0.1, 0.15) is 39.5 Å². The normalized spacial score (nSPS) is 18.4. The van der Waals surface area contributed by atoms with Gasteiger partial charge in [-0.05, 0) is 32.2 Å². The summed E-state index contributed by atoms with van der Waals surface area (Å²) in [6, 6.07) is 0.182. The molecule has 0 aromatic rings. The fraction of sp³-hybridized carbons (Fsp3) is 0.929. The Morgan fingerprint density at radius 1 is 1.28 bits per heavy atom. The number of piperidine rings is 1. The number of carbonyl (C=O) groups excluding carboxylic acids is 1. The second-order valence-electron chi connectivity index (χ2n) is 5.87. The van der Waals surface area contributed by atoms with Gasteiger partial charge in [-0.3, -0.25) is 4.79 Å². The Bertz CT molecular complexity index is 249. The quantitative estimate of drug-likeness (QED) is 0.778. The molecule has 1 atom stereocenters. The molecule has 0 aromatic heterocycles. The summed E-state index contributed by atoms with van der Waals surface area (Å²) in [7, 11) is 2.07. The first-order valence-electron chi connectivity index (χ1n) is 7.22. The Morgan fingerprint density at radius 3 is 2.39 bits per heavy atom. The first-order valence-corrected chi connectivity index (χ1v) is 7.22. The minimum absolute atomic E-state index is 0.182. The molecule has 1 heterocycles. The largest absolute Gasteiger partial charge is 0.343 e. The van der Waals surface area contributed by atoms with Crippen molar-refractivity contribution in [1.29, 1.82) is 0 Å². The predicted molar refractivity (Wildman–Crippen MR) is 75.4 cm³/mol. The number of likely N-dealkylation sites (tertiary alicyclic amines) is 1. The molecule has 1 unspecified atom stereocenters. The third-order valence-corrected chi connectivity index (χ3v) is 3.67. The molecule has 0 aliphatic carbocycles. The smallest absolute Gasteiger partial charge is 0.224 e. The average molecular weight is 255 g/mol. The van der Waals surface area contributed by atoms with Gasteiger partial charge in [-0.15, -0.1) is 0 Å². The zero-order chi connectivity index (χ0) is 13.5. The first kappa shape index (κ1) is 15.4. The molecule has 18 heavy (non-hydrogen) atoms. The molecule has 0 bridgehead atoms. The van der Waals surface area contributed by atoms with E-state index in [2.05, 4.69) is 25.8 Å². The van der Waals surface area contributed by atoms with Crippen LogP contribution in [-0.2, 0) is 4.79 Å². The monoisotopic (exact) mass is 255 g/mol. The summed E-state index contributed by atoms with van der Waals surface area (Å²) in [5.74, 6) is 0.884. The number of likely N-dealkylation sites (N-methyl/N-ethyl adjacent to an activating group) is 1. The first-order chi connectivity index (χ1) is 8.54. The molecule has 1 rings (SSSR count). The van der Waals surface area contributed by atoms with Gasteiger partial charge in [-0.1, -0.05) is 13.8 Å². The number of nitrogens with zero attached hydrogens (tertiary/aromatic N) is 2. The SMILES string of the molecule is CC(C)CN(C)C(CN)CC(=O)N1CCCCC1. The maximum absolute atomic E-state index is 12.2. The maximum Gasteiger partial charge on any atom is 0.224 e. The van der Waals surface area contributed by atoms with Crippen LogP contribution in [0.5, 0.6) is 0 Å². The van der Waals surface area contributed by atoms with Gasteiger partial charge in [-0.2, -0.15) is 0 Å². The van der Waals surface area contributed by atoms with Gasteiger partial charge >= 0.3 is 0 Å². The second-order valence-corrected chi connectivity index (χ2v) is 5.87. The van der Waals surface area contributed by atoms with Crippen molar-refractivity contribution in [3.63, 3.8) is 0 Å². The van der Waals surface area contributed by atoms with E-state index < -0.39 is 0 Å². The molecule has 2 N–H and O–H groups in total. The summed E-state index contributed by atoms with van der Waals surface area (Å²) in [4.78, 5) is 16.4. The highest BCUT2D eigenvalue weighted by molar-refractivity contribution is 5.76. The van der Waals surface area contributed by atoms with Crippen molar-refractivity contribution >= 4 is 5.91 Å². The van der Waals surface area contributed by atoms with E-state index >= 15 is 0 Å². The highest BCUT2D eigenvalue weighted by Crippen LogP contribution is 2.12. The summed E-state index contributed by atoms with van der Waals surface area (Å²) >= 11 is 0. The Labute approximate surface area is 111 Å². The van der Waals surface area contributed by atoms with Crippen molar-refractivity contribution in [3.05, 3.63) is 0 Å². The van der Waals surface area contributed by atoms with Crippen molar-refractivity contribution in [1.82, 2.24) is 9.80 Å². The van der Waals surface area contributed by atoms with E-state index in [0.29, 0.717) is 18.9 Å². The van der Waals surface area contributed by atoms with Gasteiger partial charge in [0.05, 0.1) is 0 Å². The third-order valence-electron chi connectivity index (χ3n) is 3.67. The van der Waals surface area contributed by atoms with E-state index in [1.807, 2.05) is 4.90 Å². The molecule has 0 radical (unpaired) electrons. The van der Waals surface area contributed by atoms with E-state index in [9.17, 15) is 4.79 Å². The van der Waals surface area contributed by atoms with E-state index in [1.54, 1.807) is 0 Å². The number of nitrogens with two attached hydrogens (primary N) is 1. The van der Waals surface area contributed by atoms with Crippen LogP contribution in [0, 0.1) is 5.92 Å². The van der Waals surface area contributed by atoms with Crippen molar-refractivity contribution < 1.29 is 4.79 Å². The summed E-state index contributed by atoms with van der Waals surface area (Å²) in [5.41, 5.74) is 5.81.